The normalized spacial score (nSPS) is 22.1. The molecule has 4 rings (SSSR count). The zero-order valence-corrected chi connectivity index (χ0v) is 17.1. The first kappa shape index (κ1) is 20.3. The van der Waals surface area contributed by atoms with Crippen LogP contribution in [0.1, 0.15) is 19.3 Å². The number of carbonyl (C=O) groups excluding carboxylic acids is 1. The van der Waals surface area contributed by atoms with Crippen LogP contribution in [0.3, 0.4) is 0 Å². The first-order valence-corrected chi connectivity index (χ1v) is 10.4. The van der Waals surface area contributed by atoms with E-state index < -0.39 is 5.82 Å². The molecule has 0 radical (unpaired) electrons. The number of nitrogens with zero attached hydrogens (tertiary/aromatic N) is 4. The Labute approximate surface area is 175 Å². The minimum atomic E-state index is -0.554. The van der Waals surface area contributed by atoms with Crippen LogP contribution in [0.2, 0.25) is 0 Å². The summed E-state index contributed by atoms with van der Waals surface area (Å²) < 4.78 is 14.3. The maximum atomic E-state index is 14.3. The molecule has 30 heavy (non-hydrogen) atoms. The van der Waals surface area contributed by atoms with Crippen molar-refractivity contribution in [2.45, 2.75) is 25.3 Å². The summed E-state index contributed by atoms with van der Waals surface area (Å²) in [4.78, 5) is 24.6. The lowest BCUT2D eigenvalue weighted by atomic mass is 10.0. The first-order valence-electron chi connectivity index (χ1n) is 10.4. The second-order valence-corrected chi connectivity index (χ2v) is 8.05. The molecule has 2 heterocycles. The summed E-state index contributed by atoms with van der Waals surface area (Å²) in [6, 6.07) is 7.83. The van der Waals surface area contributed by atoms with E-state index in [1.165, 1.54) is 0 Å². The zero-order valence-electron chi connectivity index (χ0n) is 17.1. The van der Waals surface area contributed by atoms with Crippen molar-refractivity contribution in [2.24, 2.45) is 11.7 Å². The number of halogens is 1. The molecule has 2 aromatic rings. The summed E-state index contributed by atoms with van der Waals surface area (Å²) in [5, 5.41) is 6.22. The number of anilines is 4. The third-order valence-corrected chi connectivity index (χ3v) is 5.92. The van der Waals surface area contributed by atoms with Crippen molar-refractivity contribution in [1.82, 2.24) is 14.9 Å². The Morgan fingerprint density at radius 3 is 2.80 bits per heavy atom. The minimum absolute atomic E-state index is 0.0841. The molecule has 2 aliphatic rings. The molecule has 1 aromatic heterocycles. The second kappa shape index (κ2) is 8.83. The molecule has 1 aliphatic carbocycles. The maximum absolute atomic E-state index is 14.3. The smallest absolute Gasteiger partial charge is 0.229 e. The van der Waals surface area contributed by atoms with Crippen molar-refractivity contribution in [3.8, 4) is 0 Å². The minimum Gasteiger partial charge on any atom is -0.369 e. The summed E-state index contributed by atoms with van der Waals surface area (Å²) in [5.41, 5.74) is 7.43. The Hall–Kier alpha value is -2.94. The largest absolute Gasteiger partial charge is 0.369 e. The molecule has 0 spiro atoms. The lowest BCUT2D eigenvalue weighted by Gasteiger charge is -2.34. The van der Waals surface area contributed by atoms with Gasteiger partial charge in [0.2, 0.25) is 11.9 Å². The summed E-state index contributed by atoms with van der Waals surface area (Å²) in [7, 11) is 2.13. The topological polar surface area (TPSA) is 99.4 Å². The van der Waals surface area contributed by atoms with Crippen LogP contribution >= 0.6 is 0 Å². The van der Waals surface area contributed by atoms with E-state index >= 15 is 0 Å². The highest BCUT2D eigenvalue weighted by molar-refractivity contribution is 5.78. The number of nitrogens with one attached hydrogen (secondary N) is 2. The predicted octanol–water partition coefficient (Wildman–Crippen LogP) is 2.18. The van der Waals surface area contributed by atoms with E-state index in [1.54, 1.807) is 0 Å². The van der Waals surface area contributed by atoms with E-state index in [0.717, 1.165) is 56.6 Å². The van der Waals surface area contributed by atoms with Gasteiger partial charge in [-0.3, -0.25) is 4.79 Å². The molecule has 1 saturated heterocycles. The molecule has 2 atom stereocenters. The van der Waals surface area contributed by atoms with Crippen LogP contribution in [0.4, 0.5) is 27.5 Å². The highest BCUT2D eigenvalue weighted by atomic mass is 19.1. The Morgan fingerprint density at radius 2 is 2.03 bits per heavy atom. The fourth-order valence-corrected chi connectivity index (χ4v) is 4.15. The lowest BCUT2D eigenvalue weighted by Crippen LogP contribution is -2.44. The number of nitrogens with two attached hydrogens (primary N) is 1. The van der Waals surface area contributed by atoms with Crippen LogP contribution in [0.5, 0.6) is 0 Å². The van der Waals surface area contributed by atoms with E-state index in [4.69, 9.17) is 5.73 Å². The number of aromatic nitrogens is 2. The number of hydrogen-bond acceptors (Lipinski definition) is 7. The van der Waals surface area contributed by atoms with E-state index in [0.29, 0.717) is 12.4 Å². The Kier molecular flexibility index (Phi) is 5.98. The van der Waals surface area contributed by atoms with Gasteiger partial charge in [-0.05, 0) is 38.1 Å². The molecule has 1 aromatic carbocycles. The summed E-state index contributed by atoms with van der Waals surface area (Å²) >= 11 is 0. The van der Waals surface area contributed by atoms with E-state index in [-0.39, 0.29) is 23.7 Å². The molecule has 4 N–H and O–H groups in total. The number of rotatable bonds is 6. The standard InChI is InChI=1S/C21H28FN7O/c1-28-8-10-29(11-9-28)15-5-2-4-14(12-15)25-21-24-13-17(22)20(27-21)26-18-7-3-6-16(18)19(23)30/h2,4-5,12-13,16,18H,3,6-11H2,1H3,(H2,23,30)(H2,24,25,26,27). The molecule has 1 amide bonds. The molecule has 2 fully saturated rings. The van der Waals surface area contributed by atoms with Gasteiger partial charge in [0.1, 0.15) is 0 Å². The molecule has 1 saturated carbocycles. The highest BCUT2D eigenvalue weighted by Gasteiger charge is 2.32. The van der Waals surface area contributed by atoms with E-state index in [2.05, 4.69) is 43.5 Å². The van der Waals surface area contributed by atoms with Crippen molar-refractivity contribution in [3.63, 3.8) is 0 Å². The molecule has 2 unspecified atom stereocenters. The maximum Gasteiger partial charge on any atom is 0.229 e. The predicted molar refractivity (Wildman–Crippen MR) is 115 cm³/mol. The Balaban J connectivity index is 1.47. The van der Waals surface area contributed by atoms with Gasteiger partial charge in [0.05, 0.1) is 12.1 Å². The Morgan fingerprint density at radius 1 is 1.23 bits per heavy atom. The summed E-state index contributed by atoms with van der Waals surface area (Å²) in [6.07, 6.45) is 3.48. The van der Waals surface area contributed by atoms with Crippen LogP contribution < -0.4 is 21.3 Å². The van der Waals surface area contributed by atoms with Crippen molar-refractivity contribution in [1.29, 1.82) is 0 Å². The van der Waals surface area contributed by atoms with Crippen LogP contribution in [-0.2, 0) is 4.79 Å². The Bertz CT molecular complexity index is 901. The van der Waals surface area contributed by atoms with Gasteiger partial charge in [0, 0.05) is 43.6 Å². The highest BCUT2D eigenvalue weighted by Crippen LogP contribution is 2.29. The zero-order chi connectivity index (χ0) is 21.1. The number of hydrogen-bond donors (Lipinski definition) is 3. The quantitative estimate of drug-likeness (QED) is 0.667. The first-order chi connectivity index (χ1) is 14.5. The van der Waals surface area contributed by atoms with Gasteiger partial charge < -0.3 is 26.2 Å². The number of amides is 1. The fraction of sp³-hybridized carbons (Fsp3) is 0.476. The molecule has 9 heteroatoms. The lowest BCUT2D eigenvalue weighted by molar-refractivity contribution is -0.121. The third kappa shape index (κ3) is 4.62. The second-order valence-electron chi connectivity index (χ2n) is 8.05. The average Bonchev–Trinajstić information content (AvgIpc) is 3.20. The summed E-state index contributed by atoms with van der Waals surface area (Å²) in [6.45, 7) is 4.01. The van der Waals surface area contributed by atoms with Crippen molar-refractivity contribution in [2.75, 3.05) is 48.8 Å². The number of primary amides is 1. The number of piperazine rings is 1. The summed E-state index contributed by atoms with van der Waals surface area (Å²) in [5.74, 6) is -0.847. The van der Waals surface area contributed by atoms with Crippen molar-refractivity contribution >= 4 is 29.0 Å². The molecular weight excluding hydrogens is 385 g/mol. The molecule has 1 aliphatic heterocycles. The fourth-order valence-electron chi connectivity index (χ4n) is 4.15. The molecular formula is C21H28FN7O. The van der Waals surface area contributed by atoms with Crippen molar-refractivity contribution in [3.05, 3.63) is 36.3 Å². The van der Waals surface area contributed by atoms with E-state index in [9.17, 15) is 9.18 Å². The van der Waals surface area contributed by atoms with Crippen LogP contribution in [-0.4, -0.2) is 60.0 Å². The molecule has 160 valence electrons. The SMILES string of the molecule is CN1CCN(c2cccc(Nc3ncc(F)c(NC4CCCC4C(N)=O)n3)c2)CC1. The van der Waals surface area contributed by atoms with Crippen molar-refractivity contribution < 1.29 is 9.18 Å². The number of carbonyl (C=O) groups is 1. The van der Waals surface area contributed by atoms with Crippen LogP contribution in [0.15, 0.2) is 30.5 Å². The van der Waals surface area contributed by atoms with Gasteiger partial charge >= 0.3 is 0 Å². The van der Waals surface area contributed by atoms with Gasteiger partial charge in [-0.2, -0.15) is 4.98 Å². The van der Waals surface area contributed by atoms with Gasteiger partial charge in [0.25, 0.3) is 0 Å². The molecule has 8 nitrogen and oxygen atoms in total. The number of benzene rings is 1. The van der Waals surface area contributed by atoms with E-state index in [1.807, 2.05) is 18.2 Å². The van der Waals surface area contributed by atoms with Gasteiger partial charge in [-0.15, -0.1) is 0 Å². The van der Waals surface area contributed by atoms with Gasteiger partial charge in [-0.25, -0.2) is 9.37 Å². The van der Waals surface area contributed by atoms with Crippen LogP contribution in [0.25, 0.3) is 0 Å². The van der Waals surface area contributed by atoms with Gasteiger partial charge in [-0.1, -0.05) is 12.5 Å². The average molecular weight is 414 g/mol. The molecule has 0 bridgehead atoms. The number of likely N-dealkylation sites (N-methyl/N-ethyl adjacent to an activating group) is 1. The van der Waals surface area contributed by atoms with Gasteiger partial charge in [0.15, 0.2) is 11.6 Å². The third-order valence-electron chi connectivity index (χ3n) is 5.92. The monoisotopic (exact) mass is 413 g/mol. The van der Waals surface area contributed by atoms with Crippen LogP contribution in [0, 0.1) is 11.7 Å².